The fourth-order valence-electron chi connectivity index (χ4n) is 4.09. The van der Waals surface area contributed by atoms with Gasteiger partial charge in [0, 0.05) is 76.3 Å². The number of amides is 1. The highest BCUT2D eigenvalue weighted by Gasteiger charge is 2.16. The molecule has 0 saturated heterocycles. The molecule has 38 heavy (non-hydrogen) atoms. The number of fused-ring (bicyclic) bond motifs is 1. The van der Waals surface area contributed by atoms with Crippen LogP contribution in [0.15, 0.2) is 78.1 Å². The van der Waals surface area contributed by atoms with Crippen molar-refractivity contribution >= 4 is 40.6 Å². The smallest absolute Gasteiger partial charge is 0.224 e. The van der Waals surface area contributed by atoms with E-state index in [1.54, 1.807) is 43.1 Å². The van der Waals surface area contributed by atoms with E-state index >= 15 is 0 Å². The number of aliphatic imine (C=N–C) groups is 1. The molecule has 4 heterocycles. The zero-order valence-electron chi connectivity index (χ0n) is 21.5. The number of aromatic amines is 1. The van der Waals surface area contributed by atoms with E-state index in [1.165, 1.54) is 0 Å². The number of nitrogens with zero attached hydrogens (tertiary/aromatic N) is 4. The van der Waals surface area contributed by atoms with E-state index in [2.05, 4.69) is 37.0 Å². The molecule has 0 aromatic carbocycles. The van der Waals surface area contributed by atoms with Crippen LogP contribution in [0.1, 0.15) is 49.9 Å². The Morgan fingerprint density at radius 1 is 1.21 bits per heavy atom. The van der Waals surface area contributed by atoms with E-state index in [0.29, 0.717) is 34.5 Å². The van der Waals surface area contributed by atoms with Crippen molar-refractivity contribution in [1.82, 2.24) is 25.3 Å². The third-order valence-corrected chi connectivity index (χ3v) is 5.99. The van der Waals surface area contributed by atoms with Gasteiger partial charge in [0.15, 0.2) is 0 Å². The molecule has 9 nitrogen and oxygen atoms in total. The predicted molar refractivity (Wildman–Crippen MR) is 153 cm³/mol. The molecule has 0 radical (unpaired) electrons. The number of hydrogen-bond donors (Lipinski definition) is 4. The van der Waals surface area contributed by atoms with Gasteiger partial charge in [0.1, 0.15) is 5.82 Å². The summed E-state index contributed by atoms with van der Waals surface area (Å²) in [5.74, 6) is 0.188. The molecule has 0 saturated carbocycles. The monoisotopic (exact) mass is 506 g/mol. The number of rotatable bonds is 10. The van der Waals surface area contributed by atoms with Gasteiger partial charge in [-0.3, -0.25) is 25.2 Å². The van der Waals surface area contributed by atoms with Crippen molar-refractivity contribution in [3.63, 3.8) is 0 Å². The van der Waals surface area contributed by atoms with Crippen LogP contribution in [-0.4, -0.2) is 38.3 Å². The summed E-state index contributed by atoms with van der Waals surface area (Å²) in [7, 11) is 0. The number of aromatic nitrogens is 4. The molecular weight excluding hydrogens is 476 g/mol. The topological polar surface area (TPSA) is 146 Å². The Morgan fingerprint density at radius 3 is 2.74 bits per heavy atom. The van der Waals surface area contributed by atoms with E-state index in [1.807, 2.05) is 38.1 Å². The van der Waals surface area contributed by atoms with Gasteiger partial charge in [-0.1, -0.05) is 13.3 Å². The predicted octanol–water partition coefficient (Wildman–Crippen LogP) is 5.27. The highest BCUT2D eigenvalue weighted by atomic mass is 16.1. The van der Waals surface area contributed by atoms with Crippen molar-refractivity contribution < 1.29 is 4.79 Å². The number of H-pyrrole nitrogens is 1. The number of nitrogen functional groups attached to an aromatic ring is 1. The Morgan fingerprint density at radius 2 is 2.00 bits per heavy atom. The molecule has 0 aliphatic heterocycles. The molecule has 192 valence electrons. The van der Waals surface area contributed by atoms with Crippen molar-refractivity contribution in [3.8, 4) is 11.3 Å². The van der Waals surface area contributed by atoms with Gasteiger partial charge in [0.25, 0.3) is 0 Å². The van der Waals surface area contributed by atoms with Crippen LogP contribution in [0.4, 0.5) is 5.82 Å². The zero-order chi connectivity index (χ0) is 27.1. The molecule has 5 N–H and O–H groups in total. The summed E-state index contributed by atoms with van der Waals surface area (Å²) >= 11 is 0. The quantitative estimate of drug-likeness (QED) is 0.171. The lowest BCUT2D eigenvalue weighted by molar-refractivity contribution is -0.120. The van der Waals surface area contributed by atoms with Gasteiger partial charge in [0.2, 0.25) is 5.91 Å². The Labute approximate surface area is 221 Å². The first-order valence-electron chi connectivity index (χ1n) is 12.3. The largest absolute Gasteiger partial charge is 0.383 e. The average Bonchev–Trinajstić information content (AvgIpc) is 3.37. The lowest BCUT2D eigenvalue weighted by Crippen LogP contribution is -2.20. The molecule has 0 atom stereocenters. The number of nitrogens with one attached hydrogen (secondary N) is 3. The summed E-state index contributed by atoms with van der Waals surface area (Å²) in [5.41, 5.74) is 12.1. The van der Waals surface area contributed by atoms with E-state index in [-0.39, 0.29) is 17.4 Å². The number of unbranched alkanes of at least 4 members (excludes halogenated alkanes) is 1. The molecule has 4 rings (SSSR count). The molecule has 0 bridgehead atoms. The van der Waals surface area contributed by atoms with Gasteiger partial charge in [-0.25, -0.2) is 4.98 Å². The first kappa shape index (κ1) is 26.2. The highest BCUT2D eigenvalue weighted by molar-refractivity contribution is 6.15. The summed E-state index contributed by atoms with van der Waals surface area (Å²) in [6.07, 6.45) is 12.4. The van der Waals surface area contributed by atoms with Crippen LogP contribution in [-0.2, 0) is 4.79 Å². The fraction of sp³-hybridized carbons (Fsp3) is 0.172. The van der Waals surface area contributed by atoms with Gasteiger partial charge in [-0.2, -0.15) is 0 Å². The summed E-state index contributed by atoms with van der Waals surface area (Å²) < 4.78 is 0. The first-order chi connectivity index (χ1) is 18.4. The first-order valence-corrected chi connectivity index (χ1v) is 12.3. The normalized spacial score (nSPS) is 11.9. The maximum atomic E-state index is 12.1. The standard InChI is InChI=1S/C29H30N8O/c1-4-5-6-26(38)36-18(2)13-20(16-32-3)21-14-23(29(31)35-17-21)27(30)25-15-22-24(37-25)9-12-34-28(22)19-7-10-33-11-8-19/h7-17,30,37H,3-6H2,1-2H3,(H2,31,35)(H,36,38)/b18-13+,20-16+,30-27?. The maximum absolute atomic E-state index is 12.1. The second-order valence-electron chi connectivity index (χ2n) is 8.82. The Balaban J connectivity index is 1.67. The summed E-state index contributed by atoms with van der Waals surface area (Å²) in [6.45, 7) is 7.43. The van der Waals surface area contributed by atoms with Crippen LogP contribution in [0.25, 0.3) is 27.7 Å². The van der Waals surface area contributed by atoms with Crippen LogP contribution >= 0.6 is 0 Å². The van der Waals surface area contributed by atoms with E-state index in [9.17, 15) is 4.79 Å². The van der Waals surface area contributed by atoms with Gasteiger partial charge >= 0.3 is 0 Å². The molecule has 4 aromatic heterocycles. The molecule has 9 heteroatoms. The number of carbonyl (C=O) groups excluding carboxylic acids is 1. The number of anilines is 1. The molecule has 4 aromatic rings. The number of hydrogen-bond acceptors (Lipinski definition) is 7. The van der Waals surface area contributed by atoms with Crippen molar-refractivity contribution in [1.29, 1.82) is 5.41 Å². The van der Waals surface area contributed by atoms with E-state index in [4.69, 9.17) is 11.1 Å². The van der Waals surface area contributed by atoms with Crippen LogP contribution < -0.4 is 11.1 Å². The van der Waals surface area contributed by atoms with Crippen LogP contribution in [0.5, 0.6) is 0 Å². The van der Waals surface area contributed by atoms with Crippen molar-refractivity contribution in [2.45, 2.75) is 33.1 Å². The van der Waals surface area contributed by atoms with Gasteiger partial charge in [0.05, 0.1) is 17.1 Å². The number of allylic oxidation sites excluding steroid dienone is 3. The molecule has 0 fully saturated rings. The summed E-state index contributed by atoms with van der Waals surface area (Å²) in [4.78, 5) is 32.3. The van der Waals surface area contributed by atoms with Crippen LogP contribution in [0.2, 0.25) is 0 Å². The lowest BCUT2D eigenvalue weighted by Gasteiger charge is -2.11. The molecule has 0 spiro atoms. The SMILES string of the molecule is C=N/C=C(\C=C(/C)NC(=O)CCCC)c1cnc(N)c(C(=N)c2cc3c(-c4ccncc4)nccc3[nH]2)c1. The summed E-state index contributed by atoms with van der Waals surface area (Å²) in [5, 5.41) is 12.7. The Hall–Kier alpha value is -4.92. The van der Waals surface area contributed by atoms with E-state index < -0.39 is 0 Å². The second-order valence-corrected chi connectivity index (χ2v) is 8.82. The molecule has 0 aliphatic rings. The number of carbonyl (C=O) groups is 1. The minimum atomic E-state index is -0.0381. The van der Waals surface area contributed by atoms with Crippen molar-refractivity contribution in [2.75, 3.05) is 5.73 Å². The number of nitrogens with two attached hydrogens (primary N) is 1. The van der Waals surface area contributed by atoms with Crippen LogP contribution in [0.3, 0.4) is 0 Å². The van der Waals surface area contributed by atoms with Crippen molar-refractivity contribution in [2.24, 2.45) is 4.99 Å². The molecule has 1 amide bonds. The Bertz CT molecular complexity index is 1550. The van der Waals surface area contributed by atoms with Crippen LogP contribution in [0, 0.1) is 5.41 Å². The van der Waals surface area contributed by atoms with Gasteiger partial charge < -0.3 is 16.0 Å². The summed E-state index contributed by atoms with van der Waals surface area (Å²) in [6, 6.07) is 9.35. The highest BCUT2D eigenvalue weighted by Crippen LogP contribution is 2.29. The minimum absolute atomic E-state index is 0.0381. The zero-order valence-corrected chi connectivity index (χ0v) is 21.5. The lowest BCUT2D eigenvalue weighted by atomic mass is 10.0. The molecule has 0 aliphatic carbocycles. The number of pyridine rings is 3. The Kier molecular flexibility index (Phi) is 8.17. The third-order valence-electron chi connectivity index (χ3n) is 5.99. The molecule has 0 unspecified atom stereocenters. The maximum Gasteiger partial charge on any atom is 0.224 e. The van der Waals surface area contributed by atoms with E-state index in [0.717, 1.165) is 35.0 Å². The minimum Gasteiger partial charge on any atom is -0.383 e. The third kappa shape index (κ3) is 5.89. The second kappa shape index (κ2) is 11.9. The molecular formula is C29H30N8O. The fourth-order valence-corrected chi connectivity index (χ4v) is 4.09. The van der Waals surface area contributed by atoms with Gasteiger partial charge in [-0.15, -0.1) is 0 Å². The average molecular weight is 507 g/mol. The van der Waals surface area contributed by atoms with Gasteiger partial charge in [-0.05, 0) is 56.5 Å². The van der Waals surface area contributed by atoms with Crippen molar-refractivity contribution in [3.05, 3.63) is 89.9 Å².